The molecule has 6 nitrogen and oxygen atoms in total. The van der Waals surface area contributed by atoms with Gasteiger partial charge in [-0.2, -0.15) is 0 Å². The third-order valence-electron chi connectivity index (χ3n) is 5.22. The number of carbonyl (C=O) groups is 1. The van der Waals surface area contributed by atoms with Gasteiger partial charge in [0.1, 0.15) is 17.5 Å². The smallest absolute Gasteiger partial charge is 0.259 e. The number of aromatic nitrogens is 1. The lowest BCUT2D eigenvalue weighted by Crippen LogP contribution is -2.49. The number of hydrogen-bond acceptors (Lipinski definition) is 5. The Morgan fingerprint density at radius 3 is 2.76 bits per heavy atom. The number of fused-ring (bicyclic) bond motifs is 1. The lowest BCUT2D eigenvalue weighted by atomic mass is 9.99. The number of carbonyl (C=O) groups excluding carboxylic acids is 1. The van der Waals surface area contributed by atoms with E-state index in [4.69, 9.17) is 4.74 Å². The van der Waals surface area contributed by atoms with Crippen LogP contribution in [0.5, 0.6) is 5.88 Å². The number of halogens is 1. The van der Waals surface area contributed by atoms with Crippen LogP contribution in [0.1, 0.15) is 24.2 Å². The van der Waals surface area contributed by atoms with Crippen LogP contribution in [0, 0.1) is 11.7 Å². The fraction of sp³-hybridized carbons (Fsp3) is 0.455. The molecule has 0 bridgehead atoms. The monoisotopic (exact) mass is 401 g/mol. The maximum Gasteiger partial charge on any atom is 0.259 e. The second-order valence-corrected chi connectivity index (χ2v) is 7.97. The van der Waals surface area contributed by atoms with Crippen molar-refractivity contribution in [3.63, 3.8) is 0 Å². The number of benzene rings is 1. The van der Waals surface area contributed by atoms with Crippen molar-refractivity contribution in [1.29, 1.82) is 0 Å². The van der Waals surface area contributed by atoms with Crippen LogP contribution in [0.15, 0.2) is 36.5 Å². The number of rotatable bonds is 5. The number of hydrogen-bond donors (Lipinski definition) is 1. The topological polar surface area (TPSA) is 65.9 Å². The van der Waals surface area contributed by atoms with Crippen LogP contribution in [0.25, 0.3) is 11.1 Å². The highest BCUT2D eigenvalue weighted by molar-refractivity contribution is 5.98. The lowest BCUT2D eigenvalue weighted by Gasteiger charge is -2.37. The largest absolute Gasteiger partial charge is 0.472 e. The Bertz CT molecular complexity index is 874. The van der Waals surface area contributed by atoms with Gasteiger partial charge >= 0.3 is 0 Å². The van der Waals surface area contributed by atoms with Crippen LogP contribution >= 0.6 is 0 Å². The molecule has 29 heavy (non-hydrogen) atoms. The number of aliphatic hydroxyl groups excluding tert-OH is 1. The number of nitrogens with zero attached hydrogens (tertiary/aromatic N) is 3. The Balaban J connectivity index is 2.08. The summed E-state index contributed by atoms with van der Waals surface area (Å²) in [5, 5.41) is 9.68. The zero-order valence-corrected chi connectivity index (χ0v) is 17.3. The summed E-state index contributed by atoms with van der Waals surface area (Å²) >= 11 is 0. The van der Waals surface area contributed by atoms with Crippen LogP contribution in [0.3, 0.4) is 0 Å². The summed E-state index contributed by atoms with van der Waals surface area (Å²) in [6.07, 6.45) is 1.43. The van der Waals surface area contributed by atoms with Crippen molar-refractivity contribution < 1.29 is 19.0 Å². The highest BCUT2D eigenvalue weighted by Gasteiger charge is 2.34. The molecule has 3 atom stereocenters. The summed E-state index contributed by atoms with van der Waals surface area (Å²) in [5.74, 6) is -0.286. The van der Waals surface area contributed by atoms with Gasteiger partial charge in [0.15, 0.2) is 0 Å². The normalized spacial score (nSPS) is 20.7. The Labute approximate surface area is 170 Å². The molecule has 0 saturated carbocycles. The molecule has 2 heterocycles. The maximum absolute atomic E-state index is 13.7. The molecule has 7 heteroatoms. The summed E-state index contributed by atoms with van der Waals surface area (Å²) < 4.78 is 19.8. The number of amides is 1. The van der Waals surface area contributed by atoms with Crippen LogP contribution in [-0.4, -0.2) is 71.7 Å². The minimum atomic E-state index is -0.354. The first-order chi connectivity index (χ1) is 13.8. The average Bonchev–Trinajstić information content (AvgIpc) is 2.69. The van der Waals surface area contributed by atoms with Crippen LogP contribution in [0.2, 0.25) is 0 Å². The molecule has 156 valence electrons. The molecule has 0 spiro atoms. The highest BCUT2D eigenvalue weighted by Crippen LogP contribution is 2.30. The van der Waals surface area contributed by atoms with Crippen molar-refractivity contribution in [2.45, 2.75) is 26.0 Å². The molecule has 0 aliphatic carbocycles. The molecular formula is C22H28FN3O3. The third kappa shape index (κ3) is 4.74. The molecule has 1 aromatic heterocycles. The molecule has 0 fully saturated rings. The molecule has 0 radical (unpaired) electrons. The number of likely N-dealkylation sites (N-methyl/N-ethyl adjacent to an activating group) is 1. The van der Waals surface area contributed by atoms with Crippen LogP contribution in [-0.2, 0) is 0 Å². The molecule has 0 saturated heterocycles. The number of pyridine rings is 1. The SMILES string of the molecule is C[C@@H]1CN([C@H](C)CO)C(=O)c2cc(-c3cccc(F)c3)cnc2O[C@@H]1CN(C)C. The van der Waals surface area contributed by atoms with Crippen molar-refractivity contribution >= 4 is 5.91 Å². The van der Waals surface area contributed by atoms with E-state index in [1.54, 1.807) is 29.3 Å². The quantitative estimate of drug-likeness (QED) is 0.835. The van der Waals surface area contributed by atoms with Crippen molar-refractivity contribution in [1.82, 2.24) is 14.8 Å². The molecule has 2 aromatic rings. The molecule has 1 N–H and O–H groups in total. The van der Waals surface area contributed by atoms with E-state index in [9.17, 15) is 14.3 Å². The zero-order chi connectivity index (χ0) is 21.1. The third-order valence-corrected chi connectivity index (χ3v) is 5.22. The van der Waals surface area contributed by atoms with Gasteiger partial charge in [-0.15, -0.1) is 0 Å². The lowest BCUT2D eigenvalue weighted by molar-refractivity contribution is 0.0348. The molecule has 1 aromatic carbocycles. The summed E-state index contributed by atoms with van der Waals surface area (Å²) in [6.45, 7) is 4.85. The first-order valence-electron chi connectivity index (χ1n) is 9.79. The summed E-state index contributed by atoms with van der Waals surface area (Å²) in [6, 6.07) is 7.52. The van der Waals surface area contributed by atoms with Gasteiger partial charge in [-0.1, -0.05) is 19.1 Å². The maximum atomic E-state index is 13.7. The number of aliphatic hydroxyl groups is 1. The molecule has 1 aliphatic heterocycles. The van der Waals surface area contributed by atoms with E-state index in [1.165, 1.54) is 12.1 Å². The van der Waals surface area contributed by atoms with Crippen molar-refractivity contribution in [2.24, 2.45) is 5.92 Å². The molecular weight excluding hydrogens is 373 g/mol. The van der Waals surface area contributed by atoms with Gasteiger partial charge in [0.25, 0.3) is 5.91 Å². The minimum Gasteiger partial charge on any atom is -0.472 e. The van der Waals surface area contributed by atoms with Gasteiger partial charge in [0.2, 0.25) is 5.88 Å². The van der Waals surface area contributed by atoms with E-state index in [2.05, 4.69) is 4.98 Å². The van der Waals surface area contributed by atoms with Gasteiger partial charge in [-0.05, 0) is 44.8 Å². The number of ether oxygens (including phenoxy) is 1. The van der Waals surface area contributed by atoms with E-state index in [1.807, 2.05) is 32.8 Å². The molecule has 0 unspecified atom stereocenters. The van der Waals surface area contributed by atoms with Gasteiger partial charge in [-0.3, -0.25) is 4.79 Å². The van der Waals surface area contributed by atoms with Crippen LogP contribution < -0.4 is 4.74 Å². The fourth-order valence-corrected chi connectivity index (χ4v) is 3.51. The second kappa shape index (κ2) is 8.88. The Kier molecular flexibility index (Phi) is 6.49. The van der Waals surface area contributed by atoms with Crippen molar-refractivity contribution in [2.75, 3.05) is 33.8 Å². The standard InChI is InChI=1S/C22H28FN3O3/c1-14-11-26(15(2)13-27)22(28)19-9-17(16-6-5-7-18(23)8-16)10-24-21(19)29-20(14)12-25(3)4/h5-10,14-15,20,27H,11-13H2,1-4H3/t14-,15-,20-/m1/s1. The summed E-state index contributed by atoms with van der Waals surface area (Å²) in [4.78, 5) is 21.4. The van der Waals surface area contributed by atoms with E-state index in [0.717, 1.165) is 0 Å². The van der Waals surface area contributed by atoms with E-state index >= 15 is 0 Å². The predicted molar refractivity (Wildman–Crippen MR) is 109 cm³/mol. The summed E-state index contributed by atoms with van der Waals surface area (Å²) in [7, 11) is 3.94. The van der Waals surface area contributed by atoms with E-state index in [0.29, 0.717) is 29.8 Å². The Morgan fingerprint density at radius 1 is 1.34 bits per heavy atom. The fourth-order valence-electron chi connectivity index (χ4n) is 3.51. The summed E-state index contributed by atoms with van der Waals surface area (Å²) in [5.41, 5.74) is 1.59. The van der Waals surface area contributed by atoms with E-state index in [-0.39, 0.29) is 42.3 Å². The van der Waals surface area contributed by atoms with Gasteiger partial charge in [-0.25, -0.2) is 9.37 Å². The Morgan fingerprint density at radius 2 is 2.10 bits per heavy atom. The first-order valence-corrected chi connectivity index (χ1v) is 9.79. The van der Waals surface area contributed by atoms with Gasteiger partial charge < -0.3 is 19.6 Å². The van der Waals surface area contributed by atoms with Crippen molar-refractivity contribution in [3.8, 4) is 17.0 Å². The van der Waals surface area contributed by atoms with Crippen molar-refractivity contribution in [3.05, 3.63) is 47.9 Å². The van der Waals surface area contributed by atoms with Gasteiger partial charge in [0.05, 0.1) is 12.6 Å². The minimum absolute atomic E-state index is 0.0493. The highest BCUT2D eigenvalue weighted by atomic mass is 19.1. The molecule has 1 aliphatic rings. The zero-order valence-electron chi connectivity index (χ0n) is 17.3. The first kappa shape index (κ1) is 21.2. The average molecular weight is 401 g/mol. The Hall–Kier alpha value is -2.51. The van der Waals surface area contributed by atoms with Crippen LogP contribution in [0.4, 0.5) is 4.39 Å². The second-order valence-electron chi connectivity index (χ2n) is 7.97. The van der Waals surface area contributed by atoms with Gasteiger partial charge in [0, 0.05) is 30.8 Å². The molecule has 3 rings (SSSR count). The predicted octanol–water partition coefficient (Wildman–Crippen LogP) is 2.67. The van der Waals surface area contributed by atoms with E-state index < -0.39 is 0 Å². The molecule has 1 amide bonds.